The van der Waals surface area contributed by atoms with Gasteiger partial charge in [-0.1, -0.05) is 43.7 Å². The average molecular weight is 324 g/mol. The fourth-order valence-corrected chi connectivity index (χ4v) is 2.37. The van der Waals surface area contributed by atoms with Crippen molar-refractivity contribution in [2.45, 2.75) is 26.7 Å². The molecule has 1 heterocycles. The van der Waals surface area contributed by atoms with Crippen molar-refractivity contribution < 1.29 is 14.5 Å². The van der Waals surface area contributed by atoms with Crippen LogP contribution in [-0.4, -0.2) is 19.1 Å². The standard InChI is InChI=1S/C19H21N3O2/c1-3-5-11-21-18-15(13-20)12-16(19(23)24-4-2)17(22-18)14-9-7-6-8-10-14/h6-10,12H,3-5,11H2,1-2H3,(H,21,22)/p+1. The number of unbranched alkanes of at least 4 members (excludes halogenated alkanes) is 1. The van der Waals surface area contributed by atoms with E-state index >= 15 is 0 Å². The summed E-state index contributed by atoms with van der Waals surface area (Å²) in [5.74, 6) is 0.182. The van der Waals surface area contributed by atoms with Gasteiger partial charge >= 0.3 is 5.97 Å². The van der Waals surface area contributed by atoms with E-state index in [2.05, 4.69) is 23.3 Å². The van der Waals surface area contributed by atoms with E-state index in [9.17, 15) is 10.1 Å². The van der Waals surface area contributed by atoms with Crippen LogP contribution in [0.15, 0.2) is 36.4 Å². The first-order valence-electron chi connectivity index (χ1n) is 8.18. The molecule has 2 aromatic rings. The van der Waals surface area contributed by atoms with Gasteiger partial charge < -0.3 is 4.74 Å². The van der Waals surface area contributed by atoms with E-state index in [1.807, 2.05) is 30.3 Å². The molecule has 0 unspecified atom stereocenters. The summed E-state index contributed by atoms with van der Waals surface area (Å²) in [6.07, 6.45) is 2.06. The predicted molar refractivity (Wildman–Crippen MR) is 92.5 cm³/mol. The Bertz CT molecular complexity index is 736. The smallest absolute Gasteiger partial charge is 0.342 e. The van der Waals surface area contributed by atoms with Gasteiger partial charge in [0, 0.05) is 5.56 Å². The summed E-state index contributed by atoms with van der Waals surface area (Å²) in [5, 5.41) is 12.7. The molecule has 0 aliphatic rings. The third kappa shape index (κ3) is 4.11. The second kappa shape index (κ2) is 8.68. The lowest BCUT2D eigenvalue weighted by atomic mass is 10.0. The largest absolute Gasteiger partial charge is 0.462 e. The zero-order valence-corrected chi connectivity index (χ0v) is 14.1. The number of H-pyrrole nitrogens is 1. The van der Waals surface area contributed by atoms with Crippen LogP contribution < -0.4 is 10.3 Å². The Labute approximate surface area is 142 Å². The lowest BCUT2D eigenvalue weighted by Gasteiger charge is -2.09. The Morgan fingerprint density at radius 3 is 2.67 bits per heavy atom. The zero-order valence-electron chi connectivity index (χ0n) is 14.1. The second-order valence-electron chi connectivity index (χ2n) is 5.33. The van der Waals surface area contributed by atoms with E-state index in [1.54, 1.807) is 13.0 Å². The molecule has 0 atom stereocenters. The molecule has 2 rings (SSSR count). The first-order chi connectivity index (χ1) is 11.7. The van der Waals surface area contributed by atoms with Crippen LogP contribution in [0.5, 0.6) is 0 Å². The van der Waals surface area contributed by atoms with Crippen molar-refractivity contribution >= 4 is 11.8 Å². The van der Waals surface area contributed by atoms with Gasteiger partial charge in [0.25, 0.3) is 5.82 Å². The molecule has 24 heavy (non-hydrogen) atoms. The van der Waals surface area contributed by atoms with Crippen molar-refractivity contribution in [1.29, 1.82) is 5.26 Å². The molecule has 124 valence electrons. The number of nitriles is 1. The molecule has 0 fully saturated rings. The molecule has 0 saturated carbocycles. The monoisotopic (exact) mass is 324 g/mol. The summed E-state index contributed by atoms with van der Waals surface area (Å²) >= 11 is 0. The molecule has 5 nitrogen and oxygen atoms in total. The maximum Gasteiger partial charge on any atom is 0.342 e. The third-order valence-electron chi connectivity index (χ3n) is 3.59. The van der Waals surface area contributed by atoms with Gasteiger partial charge in [-0.15, -0.1) is 0 Å². The maximum atomic E-state index is 12.3. The van der Waals surface area contributed by atoms with Gasteiger partial charge in [0.15, 0.2) is 0 Å². The molecular formula is C19H22N3O2+. The minimum Gasteiger partial charge on any atom is -0.462 e. The summed E-state index contributed by atoms with van der Waals surface area (Å²) < 4.78 is 5.14. The highest BCUT2D eigenvalue weighted by atomic mass is 16.5. The minimum absolute atomic E-state index is 0.283. The number of carbonyl (C=O) groups excluding carboxylic acids is 1. The highest BCUT2D eigenvalue weighted by molar-refractivity contribution is 5.96. The quantitative estimate of drug-likeness (QED) is 0.625. The van der Waals surface area contributed by atoms with Crippen molar-refractivity contribution in [1.82, 2.24) is 0 Å². The first kappa shape index (κ1) is 17.5. The van der Waals surface area contributed by atoms with Crippen molar-refractivity contribution in [2.24, 2.45) is 0 Å². The van der Waals surface area contributed by atoms with Crippen LogP contribution in [0.25, 0.3) is 11.3 Å². The number of nitrogens with zero attached hydrogens (tertiary/aromatic N) is 1. The summed E-state index contributed by atoms with van der Waals surface area (Å²) in [6, 6.07) is 13.3. The molecule has 1 aromatic heterocycles. The number of aromatic nitrogens is 1. The normalized spacial score (nSPS) is 10.0. The number of aromatic amines is 1. The molecule has 0 aliphatic heterocycles. The molecule has 0 saturated heterocycles. The Hall–Kier alpha value is -2.87. The van der Waals surface area contributed by atoms with Gasteiger partial charge in [-0.25, -0.2) is 9.78 Å². The lowest BCUT2D eigenvalue weighted by Crippen LogP contribution is -2.22. The summed E-state index contributed by atoms with van der Waals surface area (Å²) in [7, 11) is 0. The molecular weight excluding hydrogens is 302 g/mol. The van der Waals surface area contributed by atoms with Crippen LogP contribution in [0.1, 0.15) is 42.6 Å². The number of nitrogens with one attached hydrogen (secondary N) is 2. The van der Waals surface area contributed by atoms with Gasteiger partial charge in [0.2, 0.25) is 0 Å². The van der Waals surface area contributed by atoms with Gasteiger partial charge in [0.1, 0.15) is 22.9 Å². The van der Waals surface area contributed by atoms with Crippen LogP contribution in [0.2, 0.25) is 0 Å². The summed E-state index contributed by atoms with van der Waals surface area (Å²) in [4.78, 5) is 15.5. The van der Waals surface area contributed by atoms with Crippen LogP contribution in [0.3, 0.4) is 0 Å². The summed E-state index contributed by atoms with van der Waals surface area (Å²) in [6.45, 7) is 4.91. The minimum atomic E-state index is -0.441. The maximum absolute atomic E-state index is 12.3. The number of ether oxygens (including phenoxy) is 1. The number of esters is 1. The van der Waals surface area contributed by atoms with Crippen LogP contribution in [-0.2, 0) is 4.74 Å². The van der Waals surface area contributed by atoms with Crippen LogP contribution in [0.4, 0.5) is 5.82 Å². The highest BCUT2D eigenvalue weighted by Gasteiger charge is 2.23. The number of hydrogen-bond donors (Lipinski definition) is 1. The molecule has 2 N–H and O–H groups in total. The van der Waals surface area contributed by atoms with E-state index < -0.39 is 5.97 Å². The topological polar surface area (TPSA) is 76.3 Å². The Kier molecular flexibility index (Phi) is 6.32. The molecule has 0 bridgehead atoms. The van der Waals surface area contributed by atoms with E-state index in [1.165, 1.54) is 0 Å². The highest BCUT2D eigenvalue weighted by Crippen LogP contribution is 2.23. The van der Waals surface area contributed by atoms with Gasteiger partial charge in [-0.05, 0) is 19.4 Å². The Morgan fingerprint density at radius 1 is 1.29 bits per heavy atom. The SMILES string of the molecule is CCCCNc1[nH+]c(-c2ccccc2)c(C(=O)OCC)cc1C#N. The lowest BCUT2D eigenvalue weighted by molar-refractivity contribution is -0.348. The predicted octanol–water partition coefficient (Wildman–Crippen LogP) is 3.43. The third-order valence-corrected chi connectivity index (χ3v) is 3.59. The number of hydrogen-bond acceptors (Lipinski definition) is 4. The number of anilines is 1. The van der Waals surface area contributed by atoms with E-state index in [-0.39, 0.29) is 6.61 Å². The van der Waals surface area contributed by atoms with E-state index in [4.69, 9.17) is 4.74 Å². The van der Waals surface area contributed by atoms with E-state index in [0.717, 1.165) is 24.9 Å². The number of pyridine rings is 1. The van der Waals surface area contributed by atoms with Crippen molar-refractivity contribution in [3.63, 3.8) is 0 Å². The molecule has 0 radical (unpaired) electrons. The first-order valence-corrected chi connectivity index (χ1v) is 8.18. The van der Waals surface area contributed by atoms with Crippen LogP contribution in [0, 0.1) is 11.3 Å². The molecule has 0 aliphatic carbocycles. The Balaban J connectivity index is 2.53. The molecule has 1 aromatic carbocycles. The average Bonchev–Trinajstić information content (AvgIpc) is 2.62. The summed E-state index contributed by atoms with van der Waals surface area (Å²) in [5.41, 5.74) is 2.27. The zero-order chi connectivity index (χ0) is 17.4. The van der Waals surface area contributed by atoms with Crippen molar-refractivity contribution in [2.75, 3.05) is 18.5 Å². The van der Waals surface area contributed by atoms with E-state index in [0.29, 0.717) is 22.6 Å². The fraction of sp³-hybridized carbons (Fsp3) is 0.316. The van der Waals surface area contributed by atoms with Crippen molar-refractivity contribution in [3.8, 4) is 17.3 Å². The molecule has 0 spiro atoms. The van der Waals surface area contributed by atoms with Gasteiger partial charge in [-0.2, -0.15) is 5.26 Å². The molecule has 5 heteroatoms. The fourth-order valence-electron chi connectivity index (χ4n) is 2.37. The van der Waals surface area contributed by atoms with Gasteiger partial charge in [-0.3, -0.25) is 5.32 Å². The Morgan fingerprint density at radius 2 is 2.04 bits per heavy atom. The molecule has 0 amide bonds. The number of benzene rings is 1. The number of carbonyl (C=O) groups is 1. The van der Waals surface area contributed by atoms with Crippen molar-refractivity contribution in [3.05, 3.63) is 47.5 Å². The van der Waals surface area contributed by atoms with Gasteiger partial charge in [0.05, 0.1) is 13.2 Å². The second-order valence-corrected chi connectivity index (χ2v) is 5.33. The van der Waals surface area contributed by atoms with Crippen LogP contribution >= 0.6 is 0 Å². The number of rotatable bonds is 7.